The number of hydrogen-bond donors (Lipinski definition) is 1. The second-order valence-electron chi connectivity index (χ2n) is 6.32. The summed E-state index contributed by atoms with van der Waals surface area (Å²) < 4.78 is 4.86. The molecule has 1 aromatic rings. The third-order valence-electron chi connectivity index (χ3n) is 4.85. The van der Waals surface area contributed by atoms with Crippen LogP contribution in [0.3, 0.4) is 0 Å². The molecule has 0 spiro atoms. The molecule has 1 aromatic carbocycles. The van der Waals surface area contributed by atoms with Crippen molar-refractivity contribution in [1.29, 1.82) is 0 Å². The quantitative estimate of drug-likeness (QED) is 0.922. The number of nitrogens with zero attached hydrogens (tertiary/aromatic N) is 2. The van der Waals surface area contributed by atoms with E-state index >= 15 is 0 Å². The highest BCUT2D eigenvalue weighted by atomic mass is 16.5. The fraction of sp³-hybridized carbons (Fsp3) is 0.529. The first-order chi connectivity index (χ1) is 11.1. The van der Waals surface area contributed by atoms with E-state index in [-0.39, 0.29) is 18.1 Å². The molecule has 3 rings (SSSR count). The molecule has 2 aliphatic heterocycles. The maximum atomic E-state index is 12.0. The van der Waals surface area contributed by atoms with E-state index in [1.807, 2.05) is 12.1 Å². The molecule has 2 atom stereocenters. The fourth-order valence-electron chi connectivity index (χ4n) is 3.64. The molecular formula is C17H22N2O4. The minimum absolute atomic E-state index is 0.119. The van der Waals surface area contributed by atoms with Crippen molar-refractivity contribution in [1.82, 2.24) is 9.80 Å². The third-order valence-corrected chi connectivity index (χ3v) is 4.85. The number of aliphatic carboxylic acids is 1. The van der Waals surface area contributed by atoms with E-state index in [0.29, 0.717) is 25.9 Å². The number of likely N-dealkylation sites (tertiary alicyclic amines) is 1. The Morgan fingerprint density at radius 2 is 1.91 bits per heavy atom. The minimum atomic E-state index is -0.774. The molecule has 6 heteroatoms. The lowest BCUT2D eigenvalue weighted by molar-refractivity contribution is -0.144. The highest BCUT2D eigenvalue weighted by Gasteiger charge is 2.36. The monoisotopic (exact) mass is 318 g/mol. The lowest BCUT2D eigenvalue weighted by atomic mass is 9.91. The Morgan fingerprint density at radius 1 is 1.26 bits per heavy atom. The molecule has 1 fully saturated rings. The normalized spacial score (nSPS) is 24.3. The van der Waals surface area contributed by atoms with Crippen LogP contribution in [0.15, 0.2) is 24.3 Å². The second kappa shape index (κ2) is 6.58. The largest absolute Gasteiger partial charge is 0.481 e. The second-order valence-corrected chi connectivity index (χ2v) is 6.32. The van der Waals surface area contributed by atoms with E-state index in [9.17, 15) is 14.7 Å². The van der Waals surface area contributed by atoms with E-state index in [0.717, 1.165) is 13.1 Å². The van der Waals surface area contributed by atoms with Crippen molar-refractivity contribution in [2.45, 2.75) is 32.0 Å². The average Bonchev–Trinajstić information content (AvgIpc) is 2.96. The number of carbonyl (C=O) groups is 2. The first-order valence-corrected chi connectivity index (χ1v) is 7.95. The maximum Gasteiger partial charge on any atom is 0.409 e. The van der Waals surface area contributed by atoms with E-state index in [4.69, 9.17) is 4.74 Å². The van der Waals surface area contributed by atoms with Crippen molar-refractivity contribution >= 4 is 12.1 Å². The number of ether oxygens (including phenoxy) is 1. The van der Waals surface area contributed by atoms with Crippen LogP contribution in [-0.2, 0) is 22.6 Å². The van der Waals surface area contributed by atoms with E-state index in [1.54, 1.807) is 4.90 Å². The zero-order valence-electron chi connectivity index (χ0n) is 13.3. The lowest BCUT2D eigenvalue weighted by Gasteiger charge is -2.39. The summed E-state index contributed by atoms with van der Waals surface area (Å²) in [6, 6.07) is 8.18. The number of carbonyl (C=O) groups excluding carboxylic acids is 1. The third kappa shape index (κ3) is 3.32. The van der Waals surface area contributed by atoms with Crippen LogP contribution in [-0.4, -0.2) is 53.2 Å². The Morgan fingerprint density at radius 3 is 2.48 bits per heavy atom. The molecule has 124 valence electrons. The molecule has 0 aliphatic carbocycles. The van der Waals surface area contributed by atoms with Crippen LogP contribution in [0.2, 0.25) is 0 Å². The number of methoxy groups -OCH3 is 1. The van der Waals surface area contributed by atoms with E-state index < -0.39 is 5.97 Å². The highest BCUT2D eigenvalue weighted by molar-refractivity contribution is 5.72. The maximum absolute atomic E-state index is 12.0. The number of carboxylic acids is 1. The number of piperidine rings is 1. The Kier molecular flexibility index (Phi) is 4.52. The summed E-state index contributed by atoms with van der Waals surface area (Å²) >= 11 is 0. The van der Waals surface area contributed by atoms with Gasteiger partial charge in [0.1, 0.15) is 0 Å². The van der Waals surface area contributed by atoms with Crippen molar-refractivity contribution in [3.63, 3.8) is 0 Å². The molecule has 2 heterocycles. The van der Waals surface area contributed by atoms with E-state index in [1.165, 1.54) is 18.2 Å². The van der Waals surface area contributed by atoms with Crippen LogP contribution >= 0.6 is 0 Å². The highest BCUT2D eigenvalue weighted by Crippen LogP contribution is 2.28. The van der Waals surface area contributed by atoms with Crippen molar-refractivity contribution in [3.8, 4) is 0 Å². The van der Waals surface area contributed by atoms with Gasteiger partial charge >= 0.3 is 12.1 Å². The standard InChI is InChI=1S/C17H22N2O4/c1-23-17(22)19-7-6-12(16(20)21)8-15(19)11-18-9-13-4-2-3-5-14(13)10-18/h2-5,12,15H,6-11H2,1H3,(H,20,21)/t12-,15-/m0/s1. The zero-order valence-corrected chi connectivity index (χ0v) is 13.3. The summed E-state index contributed by atoms with van der Waals surface area (Å²) in [6.07, 6.45) is 0.605. The molecule has 23 heavy (non-hydrogen) atoms. The molecule has 2 aliphatic rings. The minimum Gasteiger partial charge on any atom is -0.481 e. The number of carboxylic acid groups (broad SMARTS) is 1. The van der Waals surface area contributed by atoms with Gasteiger partial charge in [-0.3, -0.25) is 9.69 Å². The summed E-state index contributed by atoms with van der Waals surface area (Å²) in [6.45, 7) is 2.81. The summed E-state index contributed by atoms with van der Waals surface area (Å²) in [5.41, 5.74) is 2.62. The first kappa shape index (κ1) is 15.8. The smallest absolute Gasteiger partial charge is 0.409 e. The molecule has 0 saturated carbocycles. The fourth-order valence-corrected chi connectivity index (χ4v) is 3.64. The zero-order chi connectivity index (χ0) is 16.4. The Labute approximate surface area is 135 Å². The van der Waals surface area contributed by atoms with Crippen molar-refractivity contribution in [2.75, 3.05) is 20.2 Å². The van der Waals surface area contributed by atoms with Gasteiger partial charge in [-0.15, -0.1) is 0 Å². The molecular weight excluding hydrogens is 296 g/mol. The van der Waals surface area contributed by atoms with Gasteiger partial charge in [0.2, 0.25) is 0 Å². The number of hydrogen-bond acceptors (Lipinski definition) is 4. The molecule has 1 N–H and O–H groups in total. The summed E-state index contributed by atoms with van der Waals surface area (Å²) in [5.74, 6) is -1.16. The topological polar surface area (TPSA) is 70.1 Å². The Bertz CT molecular complexity index is 579. The van der Waals surface area contributed by atoms with Gasteiger partial charge in [-0.05, 0) is 24.0 Å². The first-order valence-electron chi connectivity index (χ1n) is 7.95. The number of rotatable bonds is 3. The Hall–Kier alpha value is -2.08. The molecule has 1 saturated heterocycles. The van der Waals surface area contributed by atoms with Gasteiger partial charge < -0.3 is 14.7 Å². The molecule has 6 nitrogen and oxygen atoms in total. The SMILES string of the molecule is COC(=O)N1CC[C@H](C(=O)O)C[C@H]1CN1Cc2ccccc2C1. The van der Waals surface area contributed by atoms with Gasteiger partial charge in [-0.1, -0.05) is 24.3 Å². The average molecular weight is 318 g/mol. The molecule has 0 unspecified atom stereocenters. The van der Waals surface area contributed by atoms with Crippen LogP contribution in [0, 0.1) is 5.92 Å². The number of fused-ring (bicyclic) bond motifs is 1. The predicted molar refractivity (Wildman–Crippen MR) is 83.8 cm³/mol. The van der Waals surface area contributed by atoms with Crippen molar-refractivity contribution in [3.05, 3.63) is 35.4 Å². The van der Waals surface area contributed by atoms with Crippen molar-refractivity contribution in [2.24, 2.45) is 5.92 Å². The van der Waals surface area contributed by atoms with Crippen LogP contribution in [0.1, 0.15) is 24.0 Å². The number of amides is 1. The van der Waals surface area contributed by atoms with E-state index in [2.05, 4.69) is 17.0 Å². The summed E-state index contributed by atoms with van der Waals surface area (Å²) in [4.78, 5) is 27.3. The van der Waals surface area contributed by atoms with Crippen LogP contribution in [0.5, 0.6) is 0 Å². The molecule has 0 radical (unpaired) electrons. The predicted octanol–water partition coefficient (Wildman–Crippen LogP) is 1.93. The van der Waals surface area contributed by atoms with Crippen LogP contribution < -0.4 is 0 Å². The van der Waals surface area contributed by atoms with Crippen molar-refractivity contribution < 1.29 is 19.4 Å². The lowest BCUT2D eigenvalue weighted by Crippen LogP contribution is -2.51. The van der Waals surface area contributed by atoms with Crippen LogP contribution in [0.4, 0.5) is 4.79 Å². The molecule has 1 amide bonds. The van der Waals surface area contributed by atoms with Crippen LogP contribution in [0.25, 0.3) is 0 Å². The van der Waals surface area contributed by atoms with Gasteiger partial charge in [-0.25, -0.2) is 4.79 Å². The summed E-state index contributed by atoms with van der Waals surface area (Å²) in [5, 5.41) is 9.29. The molecule has 0 aromatic heterocycles. The Balaban J connectivity index is 1.69. The van der Waals surface area contributed by atoms with Gasteiger partial charge in [0.15, 0.2) is 0 Å². The number of benzene rings is 1. The summed E-state index contributed by atoms with van der Waals surface area (Å²) in [7, 11) is 1.37. The van der Waals surface area contributed by atoms with Gasteiger partial charge in [-0.2, -0.15) is 0 Å². The van der Waals surface area contributed by atoms with Gasteiger partial charge in [0.25, 0.3) is 0 Å². The van der Waals surface area contributed by atoms with Gasteiger partial charge in [0, 0.05) is 32.2 Å². The van der Waals surface area contributed by atoms with Gasteiger partial charge in [0.05, 0.1) is 13.0 Å². The molecule has 0 bridgehead atoms.